The summed E-state index contributed by atoms with van der Waals surface area (Å²) in [7, 11) is 0. The third kappa shape index (κ3) is 7.53. The van der Waals surface area contributed by atoms with E-state index in [9.17, 15) is 8.78 Å². The van der Waals surface area contributed by atoms with Crippen LogP contribution >= 0.6 is 0 Å². The van der Waals surface area contributed by atoms with Crippen molar-refractivity contribution in [3.05, 3.63) is 0 Å². The average molecular weight is 135 g/mol. The van der Waals surface area contributed by atoms with Gasteiger partial charge in [0.25, 0.3) is 0 Å². The smallest absolute Gasteiger partial charge is 0.245 e. The van der Waals surface area contributed by atoms with Gasteiger partial charge in [-0.2, -0.15) is 0 Å². The van der Waals surface area contributed by atoms with E-state index < -0.39 is 5.92 Å². The summed E-state index contributed by atoms with van der Waals surface area (Å²) in [4.78, 5) is 3.46. The summed E-state index contributed by atoms with van der Waals surface area (Å²) in [6, 6.07) is 0. The van der Waals surface area contributed by atoms with Gasteiger partial charge in [-0.1, -0.05) is 0 Å². The fourth-order valence-electron chi connectivity index (χ4n) is 0.501. The summed E-state index contributed by atoms with van der Waals surface area (Å²) in [6.07, 6.45) is 0.332. The molecule has 0 saturated heterocycles. The van der Waals surface area contributed by atoms with Crippen LogP contribution < -0.4 is 0 Å². The van der Waals surface area contributed by atoms with Crippen molar-refractivity contribution in [3.8, 4) is 0 Å². The van der Waals surface area contributed by atoms with Gasteiger partial charge in [-0.25, -0.2) is 8.78 Å². The zero-order valence-electron chi connectivity index (χ0n) is 5.53. The Hall–Kier alpha value is -0.470. The maximum Gasteiger partial charge on any atom is 0.245 e. The first-order chi connectivity index (χ1) is 4.06. The second-order valence-electron chi connectivity index (χ2n) is 2.12. The van der Waals surface area contributed by atoms with E-state index in [1.165, 1.54) is 0 Å². The molecular weight excluding hydrogens is 124 g/mol. The van der Waals surface area contributed by atoms with Crippen LogP contribution in [0.5, 0.6) is 0 Å². The van der Waals surface area contributed by atoms with E-state index >= 15 is 0 Å². The Morgan fingerprint density at radius 2 is 2.11 bits per heavy atom. The molecule has 0 aliphatic heterocycles. The monoisotopic (exact) mass is 135 g/mol. The molecular formula is C6H11F2N. The SMILES string of the molecule is C=NCCCC(C)(F)F. The minimum absolute atomic E-state index is 0.0913. The molecule has 0 aromatic carbocycles. The van der Waals surface area contributed by atoms with Gasteiger partial charge in [0.05, 0.1) is 0 Å². The lowest BCUT2D eigenvalue weighted by Gasteiger charge is -2.06. The van der Waals surface area contributed by atoms with Crippen molar-refractivity contribution in [3.63, 3.8) is 0 Å². The lowest BCUT2D eigenvalue weighted by Crippen LogP contribution is -2.09. The van der Waals surface area contributed by atoms with Gasteiger partial charge >= 0.3 is 0 Å². The Morgan fingerprint density at radius 1 is 1.56 bits per heavy atom. The van der Waals surface area contributed by atoms with E-state index in [0.29, 0.717) is 13.0 Å². The highest BCUT2D eigenvalue weighted by atomic mass is 19.3. The zero-order chi connectivity index (χ0) is 7.33. The van der Waals surface area contributed by atoms with Gasteiger partial charge in [0.1, 0.15) is 0 Å². The van der Waals surface area contributed by atoms with Crippen molar-refractivity contribution in [2.45, 2.75) is 25.7 Å². The molecule has 0 amide bonds. The van der Waals surface area contributed by atoms with E-state index in [4.69, 9.17) is 0 Å². The van der Waals surface area contributed by atoms with Crippen molar-refractivity contribution in [1.29, 1.82) is 0 Å². The number of halogens is 2. The van der Waals surface area contributed by atoms with Crippen molar-refractivity contribution in [2.24, 2.45) is 4.99 Å². The van der Waals surface area contributed by atoms with E-state index in [0.717, 1.165) is 6.92 Å². The van der Waals surface area contributed by atoms with Crippen LogP contribution in [-0.2, 0) is 0 Å². The molecule has 0 N–H and O–H groups in total. The number of hydrogen-bond acceptors (Lipinski definition) is 1. The van der Waals surface area contributed by atoms with Crippen molar-refractivity contribution >= 4 is 6.72 Å². The normalized spacial score (nSPS) is 11.4. The Kier molecular flexibility index (Phi) is 3.35. The summed E-state index contributed by atoms with van der Waals surface area (Å²) in [5, 5.41) is 0. The Bertz CT molecular complexity index is 85.5. The second-order valence-corrected chi connectivity index (χ2v) is 2.12. The third-order valence-corrected chi connectivity index (χ3v) is 0.932. The molecule has 1 nitrogen and oxygen atoms in total. The number of nitrogens with zero attached hydrogens (tertiary/aromatic N) is 1. The van der Waals surface area contributed by atoms with Gasteiger partial charge in [-0.15, -0.1) is 0 Å². The van der Waals surface area contributed by atoms with E-state index in [1.54, 1.807) is 0 Å². The van der Waals surface area contributed by atoms with Crippen LogP contribution in [-0.4, -0.2) is 19.2 Å². The molecule has 0 rings (SSSR count). The minimum Gasteiger partial charge on any atom is -0.301 e. The number of hydrogen-bond donors (Lipinski definition) is 0. The first kappa shape index (κ1) is 8.53. The molecule has 54 valence electrons. The Labute approximate surface area is 53.8 Å². The molecule has 0 bridgehead atoms. The van der Waals surface area contributed by atoms with Gasteiger partial charge in [-0.3, -0.25) is 0 Å². The molecule has 0 aliphatic rings. The van der Waals surface area contributed by atoms with Crippen molar-refractivity contribution in [1.82, 2.24) is 0 Å². The fraction of sp³-hybridized carbons (Fsp3) is 0.833. The van der Waals surface area contributed by atoms with Gasteiger partial charge < -0.3 is 4.99 Å². The molecule has 0 saturated carbocycles. The maximum absolute atomic E-state index is 12.0. The first-order valence-corrected chi connectivity index (χ1v) is 2.86. The van der Waals surface area contributed by atoms with Gasteiger partial charge in [0.15, 0.2) is 0 Å². The predicted octanol–water partition coefficient (Wildman–Crippen LogP) is 2.12. The van der Waals surface area contributed by atoms with Gasteiger partial charge in [0, 0.05) is 13.0 Å². The van der Waals surface area contributed by atoms with E-state index in [1.807, 2.05) is 0 Å². The van der Waals surface area contributed by atoms with Crippen LogP contribution in [0.25, 0.3) is 0 Å². The number of alkyl halides is 2. The van der Waals surface area contributed by atoms with Crippen LogP contribution in [0.2, 0.25) is 0 Å². The highest BCUT2D eigenvalue weighted by Crippen LogP contribution is 2.17. The zero-order valence-corrected chi connectivity index (χ0v) is 5.53. The molecule has 0 radical (unpaired) electrons. The lowest BCUT2D eigenvalue weighted by molar-refractivity contribution is 0.0117. The fourth-order valence-corrected chi connectivity index (χ4v) is 0.501. The number of rotatable bonds is 4. The van der Waals surface area contributed by atoms with Crippen molar-refractivity contribution < 1.29 is 8.78 Å². The topological polar surface area (TPSA) is 12.4 Å². The molecule has 0 aliphatic carbocycles. The molecule has 0 aromatic rings. The molecule has 0 fully saturated rings. The van der Waals surface area contributed by atoms with E-state index in [-0.39, 0.29) is 6.42 Å². The van der Waals surface area contributed by atoms with Gasteiger partial charge in [-0.05, 0) is 20.1 Å². The molecule has 0 unspecified atom stereocenters. The summed E-state index contributed by atoms with van der Waals surface area (Å²) in [5.74, 6) is -2.54. The molecule has 0 spiro atoms. The second kappa shape index (κ2) is 3.54. The average Bonchev–Trinajstić information content (AvgIpc) is 1.63. The van der Waals surface area contributed by atoms with Crippen LogP contribution in [0, 0.1) is 0 Å². The van der Waals surface area contributed by atoms with Crippen molar-refractivity contribution in [2.75, 3.05) is 6.54 Å². The molecule has 0 heterocycles. The number of aliphatic imine (C=N–C) groups is 1. The molecule has 0 atom stereocenters. The molecule has 3 heteroatoms. The van der Waals surface area contributed by atoms with Crippen LogP contribution in [0.15, 0.2) is 4.99 Å². The minimum atomic E-state index is -2.54. The Morgan fingerprint density at radius 3 is 2.44 bits per heavy atom. The highest BCUT2D eigenvalue weighted by molar-refractivity contribution is 5.22. The maximum atomic E-state index is 12.0. The molecule has 0 aromatic heterocycles. The Balaban J connectivity index is 3.17. The van der Waals surface area contributed by atoms with Crippen LogP contribution in [0.4, 0.5) is 8.78 Å². The van der Waals surface area contributed by atoms with Crippen LogP contribution in [0.1, 0.15) is 19.8 Å². The van der Waals surface area contributed by atoms with Crippen LogP contribution in [0.3, 0.4) is 0 Å². The lowest BCUT2D eigenvalue weighted by atomic mass is 10.2. The summed E-state index contributed by atoms with van der Waals surface area (Å²) in [6.45, 7) is 4.53. The van der Waals surface area contributed by atoms with Gasteiger partial charge in [0.2, 0.25) is 5.92 Å². The molecule has 9 heavy (non-hydrogen) atoms. The highest BCUT2D eigenvalue weighted by Gasteiger charge is 2.19. The first-order valence-electron chi connectivity index (χ1n) is 2.86. The standard InChI is InChI=1S/C6H11F2N/c1-6(7,8)4-3-5-9-2/h2-5H2,1H3. The predicted molar refractivity (Wildman–Crippen MR) is 34.3 cm³/mol. The third-order valence-electron chi connectivity index (χ3n) is 0.932. The summed E-state index contributed by atoms with van der Waals surface area (Å²) < 4.78 is 24.0. The summed E-state index contributed by atoms with van der Waals surface area (Å²) >= 11 is 0. The summed E-state index contributed by atoms with van der Waals surface area (Å²) in [5.41, 5.74) is 0. The largest absolute Gasteiger partial charge is 0.301 e. The quantitative estimate of drug-likeness (QED) is 0.413. The van der Waals surface area contributed by atoms with E-state index in [2.05, 4.69) is 11.7 Å².